The Kier molecular flexibility index (Phi) is 7.12. The summed E-state index contributed by atoms with van der Waals surface area (Å²) >= 11 is 1.43. The number of azide groups is 1. The van der Waals surface area contributed by atoms with Crippen molar-refractivity contribution in [3.05, 3.63) is 76.7 Å². The van der Waals surface area contributed by atoms with Crippen LogP contribution in [0, 0.1) is 5.92 Å². The molecular formula is C20H22FN3O2S. The molecule has 3 rings (SSSR count). The fraction of sp³-hybridized carbons (Fsp3) is 0.400. The molecule has 1 saturated heterocycles. The fourth-order valence-corrected chi connectivity index (χ4v) is 4.16. The van der Waals surface area contributed by atoms with E-state index >= 15 is 4.39 Å². The van der Waals surface area contributed by atoms with Crippen molar-refractivity contribution >= 4 is 11.8 Å². The summed E-state index contributed by atoms with van der Waals surface area (Å²) in [7, 11) is 0. The highest BCUT2D eigenvalue weighted by Gasteiger charge is 2.45. The molecule has 0 N–H and O–H groups in total. The normalized spacial score (nSPS) is 27.7. The van der Waals surface area contributed by atoms with Gasteiger partial charge in [-0.3, -0.25) is 0 Å². The van der Waals surface area contributed by atoms with Gasteiger partial charge in [0.2, 0.25) is 0 Å². The Hall–Kier alpha value is -2.05. The number of halogens is 1. The van der Waals surface area contributed by atoms with Crippen LogP contribution in [0.5, 0.6) is 0 Å². The predicted octanol–water partition coefficient (Wildman–Crippen LogP) is 5.37. The molecule has 1 aliphatic rings. The van der Waals surface area contributed by atoms with Crippen LogP contribution in [-0.4, -0.2) is 30.4 Å². The van der Waals surface area contributed by atoms with Crippen LogP contribution in [0.15, 0.2) is 70.7 Å². The highest BCUT2D eigenvalue weighted by Crippen LogP contribution is 2.38. The van der Waals surface area contributed by atoms with Crippen molar-refractivity contribution in [3.63, 3.8) is 0 Å². The average molecular weight is 387 g/mol. The lowest BCUT2D eigenvalue weighted by Gasteiger charge is -2.42. The zero-order valence-corrected chi connectivity index (χ0v) is 15.8. The predicted molar refractivity (Wildman–Crippen MR) is 104 cm³/mol. The number of benzene rings is 2. The van der Waals surface area contributed by atoms with Gasteiger partial charge >= 0.3 is 0 Å². The maximum atomic E-state index is 15.2. The summed E-state index contributed by atoms with van der Waals surface area (Å²) in [6, 6.07) is 19.4. The third-order valence-corrected chi connectivity index (χ3v) is 5.74. The summed E-state index contributed by atoms with van der Waals surface area (Å²) in [5.74, 6) is -0.427. The van der Waals surface area contributed by atoms with E-state index in [1.165, 1.54) is 11.8 Å². The molecule has 5 atom stereocenters. The molecule has 2 aromatic rings. The molecule has 0 amide bonds. The Morgan fingerprint density at radius 2 is 1.81 bits per heavy atom. The zero-order valence-electron chi connectivity index (χ0n) is 15.0. The Morgan fingerprint density at radius 1 is 1.15 bits per heavy atom. The Bertz CT molecular complexity index is 758. The first-order valence-corrected chi connectivity index (χ1v) is 9.74. The number of ether oxygens (including phenoxy) is 2. The van der Waals surface area contributed by atoms with Crippen molar-refractivity contribution in [2.24, 2.45) is 11.0 Å². The van der Waals surface area contributed by atoms with E-state index in [9.17, 15) is 0 Å². The maximum absolute atomic E-state index is 15.2. The van der Waals surface area contributed by atoms with Gasteiger partial charge in [0.05, 0.1) is 19.3 Å². The number of nitrogens with zero attached hydrogens (tertiary/aromatic N) is 3. The average Bonchev–Trinajstić information content (AvgIpc) is 2.71. The summed E-state index contributed by atoms with van der Waals surface area (Å²) in [6.45, 7) is 2.19. The second-order valence-corrected chi connectivity index (χ2v) is 7.62. The Morgan fingerprint density at radius 3 is 2.48 bits per heavy atom. The lowest BCUT2D eigenvalue weighted by molar-refractivity contribution is -0.165. The van der Waals surface area contributed by atoms with Crippen molar-refractivity contribution in [2.75, 3.05) is 6.54 Å². The molecule has 1 aliphatic heterocycles. The van der Waals surface area contributed by atoms with Gasteiger partial charge in [-0.2, -0.15) is 0 Å². The molecule has 2 aromatic carbocycles. The van der Waals surface area contributed by atoms with E-state index in [1.54, 1.807) is 6.92 Å². The summed E-state index contributed by atoms with van der Waals surface area (Å²) in [6.07, 6.45) is -2.41. The molecule has 0 saturated carbocycles. The van der Waals surface area contributed by atoms with Crippen LogP contribution in [0.4, 0.5) is 4.39 Å². The summed E-state index contributed by atoms with van der Waals surface area (Å²) < 4.78 is 27.3. The standard InChI is InChI=1S/C20H22FN3O2S/c1-14-17(12-23-24-22)26-20(27-16-10-6-3-7-11-16)19(18(14)21)25-13-15-8-4-2-5-9-15/h2-11,14,17-20H,12-13H2,1H3. The van der Waals surface area contributed by atoms with Crippen LogP contribution < -0.4 is 0 Å². The van der Waals surface area contributed by atoms with Crippen molar-refractivity contribution in [3.8, 4) is 0 Å². The molecule has 0 radical (unpaired) electrons. The van der Waals surface area contributed by atoms with Crippen LogP contribution in [0.3, 0.4) is 0 Å². The number of rotatable bonds is 7. The molecule has 5 nitrogen and oxygen atoms in total. The highest BCUT2D eigenvalue weighted by atomic mass is 32.2. The molecule has 0 bridgehead atoms. The van der Waals surface area contributed by atoms with E-state index in [1.807, 2.05) is 60.7 Å². The minimum atomic E-state index is -1.22. The highest BCUT2D eigenvalue weighted by molar-refractivity contribution is 7.99. The van der Waals surface area contributed by atoms with E-state index < -0.39 is 29.7 Å². The van der Waals surface area contributed by atoms with Gasteiger partial charge < -0.3 is 9.47 Å². The molecule has 0 spiro atoms. The molecule has 0 aliphatic carbocycles. The molecule has 27 heavy (non-hydrogen) atoms. The van der Waals surface area contributed by atoms with Crippen molar-refractivity contribution < 1.29 is 13.9 Å². The number of thioether (sulfide) groups is 1. The minimum Gasteiger partial charge on any atom is -0.367 e. The smallest absolute Gasteiger partial charge is 0.137 e. The third-order valence-electron chi connectivity index (χ3n) is 4.59. The van der Waals surface area contributed by atoms with E-state index in [0.717, 1.165) is 10.5 Å². The van der Waals surface area contributed by atoms with Crippen molar-refractivity contribution in [1.82, 2.24) is 0 Å². The first-order valence-electron chi connectivity index (χ1n) is 8.86. The molecule has 1 heterocycles. The van der Waals surface area contributed by atoms with Crippen LogP contribution >= 0.6 is 11.8 Å². The lowest BCUT2D eigenvalue weighted by atomic mass is 9.92. The number of alkyl halides is 1. The van der Waals surface area contributed by atoms with Gasteiger partial charge in [-0.15, -0.1) is 0 Å². The van der Waals surface area contributed by atoms with Crippen LogP contribution in [0.1, 0.15) is 12.5 Å². The molecule has 142 valence electrons. The van der Waals surface area contributed by atoms with Crippen LogP contribution in [0.2, 0.25) is 0 Å². The number of hydrogen-bond donors (Lipinski definition) is 0. The molecule has 1 fully saturated rings. The largest absolute Gasteiger partial charge is 0.367 e. The summed E-state index contributed by atoms with van der Waals surface area (Å²) in [4.78, 5) is 3.75. The summed E-state index contributed by atoms with van der Waals surface area (Å²) in [5, 5.41) is 3.58. The van der Waals surface area contributed by atoms with Crippen LogP contribution in [-0.2, 0) is 16.1 Å². The fourth-order valence-electron chi connectivity index (χ4n) is 3.02. The third kappa shape index (κ3) is 5.23. The van der Waals surface area contributed by atoms with Gasteiger partial charge in [-0.1, -0.05) is 72.3 Å². The molecule has 7 heteroatoms. The van der Waals surface area contributed by atoms with Crippen molar-refractivity contribution in [1.29, 1.82) is 0 Å². The van der Waals surface area contributed by atoms with Crippen molar-refractivity contribution in [2.45, 2.75) is 42.2 Å². The van der Waals surface area contributed by atoms with Gasteiger partial charge in [0, 0.05) is 15.7 Å². The second kappa shape index (κ2) is 9.76. The number of hydrogen-bond acceptors (Lipinski definition) is 4. The first kappa shape index (κ1) is 19.7. The molecule has 5 unspecified atom stereocenters. The van der Waals surface area contributed by atoms with Gasteiger partial charge in [0.15, 0.2) is 0 Å². The van der Waals surface area contributed by atoms with E-state index in [4.69, 9.17) is 15.0 Å². The monoisotopic (exact) mass is 387 g/mol. The lowest BCUT2D eigenvalue weighted by Crippen LogP contribution is -2.52. The zero-order chi connectivity index (χ0) is 19.1. The van der Waals surface area contributed by atoms with Gasteiger partial charge in [-0.25, -0.2) is 4.39 Å². The maximum Gasteiger partial charge on any atom is 0.137 e. The van der Waals surface area contributed by atoms with Gasteiger partial charge in [0.25, 0.3) is 0 Å². The van der Waals surface area contributed by atoms with Crippen LogP contribution in [0.25, 0.3) is 10.4 Å². The SMILES string of the molecule is CC1C(CN=[N+]=[N-])OC(Sc2ccccc2)C(OCc2ccccc2)C1F. The quantitative estimate of drug-likeness (QED) is 0.364. The minimum absolute atomic E-state index is 0.106. The van der Waals surface area contributed by atoms with Gasteiger partial charge in [-0.05, 0) is 23.2 Å². The van der Waals surface area contributed by atoms with E-state index in [-0.39, 0.29) is 6.54 Å². The van der Waals surface area contributed by atoms with Gasteiger partial charge in [0.1, 0.15) is 17.7 Å². The Labute approximate surface area is 162 Å². The van der Waals surface area contributed by atoms with E-state index in [2.05, 4.69) is 10.0 Å². The first-order chi connectivity index (χ1) is 13.2. The van der Waals surface area contributed by atoms with E-state index in [0.29, 0.717) is 6.61 Å². The summed E-state index contributed by atoms with van der Waals surface area (Å²) in [5.41, 5.74) is 9.05. The second-order valence-electron chi connectivity index (χ2n) is 6.45. The topological polar surface area (TPSA) is 67.2 Å². The molecular weight excluding hydrogens is 365 g/mol. The molecule has 0 aromatic heterocycles. The Balaban J connectivity index is 1.76.